The van der Waals surface area contributed by atoms with E-state index in [-0.39, 0.29) is 0 Å². The lowest BCUT2D eigenvalue weighted by molar-refractivity contribution is 0.305. The monoisotopic (exact) mass is 226 g/mol. The Bertz CT molecular complexity index is 500. The summed E-state index contributed by atoms with van der Waals surface area (Å²) < 4.78 is 5.77. The SMILES string of the molecule is Cc1ccc(COc2ccccc2)c(C)c1C. The van der Waals surface area contributed by atoms with E-state index < -0.39 is 0 Å². The summed E-state index contributed by atoms with van der Waals surface area (Å²) in [5.74, 6) is 0.921. The fourth-order valence-corrected chi connectivity index (χ4v) is 1.85. The van der Waals surface area contributed by atoms with Crippen molar-refractivity contribution in [2.45, 2.75) is 27.4 Å². The maximum Gasteiger partial charge on any atom is 0.119 e. The van der Waals surface area contributed by atoms with Crippen molar-refractivity contribution in [2.24, 2.45) is 0 Å². The van der Waals surface area contributed by atoms with E-state index in [0.717, 1.165) is 5.75 Å². The van der Waals surface area contributed by atoms with Crippen LogP contribution in [0.3, 0.4) is 0 Å². The lowest BCUT2D eigenvalue weighted by Crippen LogP contribution is -2.00. The molecule has 0 aliphatic rings. The van der Waals surface area contributed by atoms with Crippen molar-refractivity contribution < 1.29 is 4.74 Å². The molecule has 0 atom stereocenters. The van der Waals surface area contributed by atoms with Gasteiger partial charge in [0.1, 0.15) is 12.4 Å². The van der Waals surface area contributed by atoms with E-state index in [2.05, 4.69) is 32.9 Å². The summed E-state index contributed by atoms with van der Waals surface area (Å²) in [6.07, 6.45) is 0. The van der Waals surface area contributed by atoms with E-state index in [1.165, 1.54) is 22.3 Å². The van der Waals surface area contributed by atoms with E-state index in [1.54, 1.807) is 0 Å². The van der Waals surface area contributed by atoms with Crippen molar-refractivity contribution in [3.05, 3.63) is 64.7 Å². The highest BCUT2D eigenvalue weighted by atomic mass is 16.5. The van der Waals surface area contributed by atoms with Gasteiger partial charge in [-0.25, -0.2) is 0 Å². The van der Waals surface area contributed by atoms with Gasteiger partial charge in [-0.05, 0) is 55.2 Å². The van der Waals surface area contributed by atoms with E-state index in [1.807, 2.05) is 30.3 Å². The fraction of sp³-hybridized carbons (Fsp3) is 0.250. The van der Waals surface area contributed by atoms with E-state index in [9.17, 15) is 0 Å². The van der Waals surface area contributed by atoms with Crippen molar-refractivity contribution in [1.29, 1.82) is 0 Å². The van der Waals surface area contributed by atoms with Gasteiger partial charge in [-0.1, -0.05) is 30.3 Å². The maximum absolute atomic E-state index is 5.77. The Morgan fingerprint density at radius 1 is 0.824 bits per heavy atom. The minimum absolute atomic E-state index is 0.636. The first kappa shape index (κ1) is 11.7. The van der Waals surface area contributed by atoms with Crippen LogP contribution in [0.4, 0.5) is 0 Å². The molecule has 0 aromatic heterocycles. The molecule has 0 unspecified atom stereocenters. The quantitative estimate of drug-likeness (QED) is 0.762. The molecule has 0 aliphatic heterocycles. The van der Waals surface area contributed by atoms with E-state index >= 15 is 0 Å². The fourth-order valence-electron chi connectivity index (χ4n) is 1.85. The topological polar surface area (TPSA) is 9.23 Å². The first-order valence-corrected chi connectivity index (χ1v) is 5.92. The van der Waals surface area contributed by atoms with Crippen LogP contribution in [0, 0.1) is 20.8 Å². The molecule has 0 amide bonds. The number of para-hydroxylation sites is 1. The molecule has 0 heterocycles. The highest BCUT2D eigenvalue weighted by Crippen LogP contribution is 2.19. The average Bonchev–Trinajstić information content (AvgIpc) is 2.36. The highest BCUT2D eigenvalue weighted by molar-refractivity contribution is 5.38. The summed E-state index contributed by atoms with van der Waals surface area (Å²) in [6.45, 7) is 7.10. The van der Waals surface area contributed by atoms with Crippen LogP contribution in [0.1, 0.15) is 22.3 Å². The molecule has 0 radical (unpaired) electrons. The molecular formula is C16H18O. The second kappa shape index (κ2) is 5.05. The Hall–Kier alpha value is -1.76. The molecule has 1 heteroatoms. The maximum atomic E-state index is 5.77. The van der Waals surface area contributed by atoms with Crippen molar-refractivity contribution in [3.8, 4) is 5.75 Å². The van der Waals surface area contributed by atoms with E-state index in [4.69, 9.17) is 4.74 Å². The molecule has 0 saturated carbocycles. The standard InChI is InChI=1S/C16H18O/c1-12-9-10-15(14(3)13(12)2)11-17-16-7-5-4-6-8-16/h4-10H,11H2,1-3H3. The third kappa shape index (κ3) is 2.68. The van der Waals surface area contributed by atoms with Gasteiger partial charge in [-0.15, -0.1) is 0 Å². The average molecular weight is 226 g/mol. The number of rotatable bonds is 3. The minimum Gasteiger partial charge on any atom is -0.489 e. The number of aryl methyl sites for hydroxylation is 1. The van der Waals surface area contributed by atoms with Crippen LogP contribution in [-0.4, -0.2) is 0 Å². The van der Waals surface area contributed by atoms with Gasteiger partial charge in [-0.3, -0.25) is 0 Å². The van der Waals surface area contributed by atoms with Crippen LogP contribution in [0.25, 0.3) is 0 Å². The van der Waals surface area contributed by atoms with Gasteiger partial charge in [-0.2, -0.15) is 0 Å². The Morgan fingerprint density at radius 2 is 1.53 bits per heavy atom. The molecule has 2 rings (SSSR count). The third-order valence-electron chi connectivity index (χ3n) is 3.31. The molecule has 0 fully saturated rings. The van der Waals surface area contributed by atoms with Gasteiger partial charge in [0.25, 0.3) is 0 Å². The Balaban J connectivity index is 2.13. The normalized spacial score (nSPS) is 10.3. The number of benzene rings is 2. The first-order valence-electron chi connectivity index (χ1n) is 5.92. The first-order chi connectivity index (χ1) is 8.18. The van der Waals surface area contributed by atoms with Gasteiger partial charge in [0.05, 0.1) is 0 Å². The van der Waals surface area contributed by atoms with Crippen LogP contribution in [0.5, 0.6) is 5.75 Å². The molecule has 2 aromatic rings. The van der Waals surface area contributed by atoms with Gasteiger partial charge >= 0.3 is 0 Å². The van der Waals surface area contributed by atoms with Crippen molar-refractivity contribution in [3.63, 3.8) is 0 Å². The van der Waals surface area contributed by atoms with Crippen LogP contribution >= 0.6 is 0 Å². The van der Waals surface area contributed by atoms with Crippen LogP contribution < -0.4 is 4.74 Å². The highest BCUT2D eigenvalue weighted by Gasteiger charge is 2.04. The molecular weight excluding hydrogens is 208 g/mol. The van der Waals surface area contributed by atoms with Crippen LogP contribution in [-0.2, 0) is 6.61 Å². The number of hydrogen-bond acceptors (Lipinski definition) is 1. The molecule has 0 N–H and O–H groups in total. The van der Waals surface area contributed by atoms with Crippen LogP contribution in [0.15, 0.2) is 42.5 Å². The summed E-state index contributed by atoms with van der Waals surface area (Å²) >= 11 is 0. The summed E-state index contributed by atoms with van der Waals surface area (Å²) in [5.41, 5.74) is 5.29. The van der Waals surface area contributed by atoms with Gasteiger partial charge in [0, 0.05) is 0 Å². The molecule has 2 aromatic carbocycles. The summed E-state index contributed by atoms with van der Waals surface area (Å²) in [6, 6.07) is 14.2. The van der Waals surface area contributed by atoms with Crippen molar-refractivity contribution >= 4 is 0 Å². The molecule has 0 saturated heterocycles. The van der Waals surface area contributed by atoms with Gasteiger partial charge < -0.3 is 4.74 Å². The zero-order chi connectivity index (χ0) is 12.3. The summed E-state index contributed by atoms with van der Waals surface area (Å²) in [4.78, 5) is 0. The van der Waals surface area contributed by atoms with Crippen molar-refractivity contribution in [2.75, 3.05) is 0 Å². The molecule has 0 spiro atoms. The Morgan fingerprint density at radius 3 is 2.24 bits per heavy atom. The molecule has 1 nitrogen and oxygen atoms in total. The van der Waals surface area contributed by atoms with Gasteiger partial charge in [0.2, 0.25) is 0 Å². The largest absolute Gasteiger partial charge is 0.489 e. The lowest BCUT2D eigenvalue weighted by Gasteiger charge is -2.12. The Kier molecular flexibility index (Phi) is 3.48. The Labute approximate surface area is 103 Å². The van der Waals surface area contributed by atoms with Gasteiger partial charge in [0.15, 0.2) is 0 Å². The summed E-state index contributed by atoms with van der Waals surface area (Å²) in [7, 11) is 0. The predicted molar refractivity (Wildman–Crippen MR) is 71.4 cm³/mol. The number of hydrogen-bond donors (Lipinski definition) is 0. The zero-order valence-corrected chi connectivity index (χ0v) is 10.7. The lowest BCUT2D eigenvalue weighted by atomic mass is 9.99. The minimum atomic E-state index is 0.636. The number of ether oxygens (including phenoxy) is 1. The second-order valence-electron chi connectivity index (χ2n) is 4.39. The molecule has 0 bridgehead atoms. The predicted octanol–water partition coefficient (Wildman–Crippen LogP) is 4.19. The zero-order valence-electron chi connectivity index (χ0n) is 10.7. The van der Waals surface area contributed by atoms with E-state index in [0.29, 0.717) is 6.61 Å². The molecule has 0 aliphatic carbocycles. The third-order valence-corrected chi connectivity index (χ3v) is 3.31. The smallest absolute Gasteiger partial charge is 0.119 e. The van der Waals surface area contributed by atoms with Crippen molar-refractivity contribution in [1.82, 2.24) is 0 Å². The second-order valence-corrected chi connectivity index (χ2v) is 4.39. The molecule has 88 valence electrons. The summed E-state index contributed by atoms with van der Waals surface area (Å²) in [5, 5.41) is 0. The molecule has 17 heavy (non-hydrogen) atoms. The van der Waals surface area contributed by atoms with Crippen LogP contribution in [0.2, 0.25) is 0 Å².